The van der Waals surface area contributed by atoms with E-state index in [4.69, 9.17) is 4.42 Å². The Morgan fingerprint density at radius 1 is 1.06 bits per heavy atom. The highest BCUT2D eigenvalue weighted by Crippen LogP contribution is 2.26. The molecule has 1 aromatic heterocycles. The van der Waals surface area contributed by atoms with Crippen LogP contribution in [-0.4, -0.2) is 0 Å². The van der Waals surface area contributed by atoms with Gasteiger partial charge >= 0.3 is 0 Å². The Morgan fingerprint density at radius 3 is 2.81 bits per heavy atom. The first-order valence-electron chi connectivity index (χ1n) is 7.00. The molecule has 0 saturated carbocycles. The average Bonchev–Trinajstić information content (AvgIpc) is 2.54. The van der Waals surface area contributed by atoms with Crippen LogP contribution in [0.3, 0.4) is 0 Å². The van der Waals surface area contributed by atoms with Crippen molar-refractivity contribution in [1.82, 2.24) is 0 Å². The predicted octanol–water partition coefficient (Wildman–Crippen LogP) is 4.67. The first kappa shape index (κ1) is 11.8. The van der Waals surface area contributed by atoms with E-state index in [-0.39, 0.29) is 0 Å². The summed E-state index contributed by atoms with van der Waals surface area (Å²) in [5.74, 6) is 1.30. The fourth-order valence-electron chi connectivity index (χ4n) is 2.69. The Balaban J connectivity index is 1.91. The Labute approximate surface area is 99.2 Å². The van der Waals surface area contributed by atoms with Gasteiger partial charge in [-0.25, -0.2) is 0 Å². The standard InChI is InChI=1S/C15H24O/c1-2-3-4-8-11-15-14-10-7-5-6-9-13(14)12-16-15/h12H,2-11H2,1H3. The van der Waals surface area contributed by atoms with E-state index in [9.17, 15) is 0 Å². The van der Waals surface area contributed by atoms with Crippen LogP contribution in [0.2, 0.25) is 0 Å². The summed E-state index contributed by atoms with van der Waals surface area (Å²) >= 11 is 0. The van der Waals surface area contributed by atoms with E-state index < -0.39 is 0 Å². The van der Waals surface area contributed by atoms with Crippen LogP contribution in [0.4, 0.5) is 0 Å². The largest absolute Gasteiger partial charge is 0.469 e. The molecule has 1 aliphatic rings. The lowest BCUT2D eigenvalue weighted by molar-refractivity contribution is 0.485. The molecule has 0 aromatic carbocycles. The Hall–Kier alpha value is -0.720. The fraction of sp³-hybridized carbons (Fsp3) is 0.733. The zero-order valence-electron chi connectivity index (χ0n) is 10.6. The Morgan fingerprint density at radius 2 is 1.94 bits per heavy atom. The van der Waals surface area contributed by atoms with Crippen LogP contribution in [0.1, 0.15) is 68.8 Å². The second-order valence-corrected chi connectivity index (χ2v) is 5.03. The van der Waals surface area contributed by atoms with Gasteiger partial charge in [-0.3, -0.25) is 0 Å². The van der Waals surface area contributed by atoms with Gasteiger partial charge in [0.2, 0.25) is 0 Å². The van der Waals surface area contributed by atoms with E-state index in [1.165, 1.54) is 69.1 Å². The molecule has 1 heterocycles. The number of unbranched alkanes of at least 4 members (excludes halogenated alkanes) is 3. The molecule has 0 aliphatic heterocycles. The molecule has 16 heavy (non-hydrogen) atoms. The molecule has 90 valence electrons. The van der Waals surface area contributed by atoms with Gasteiger partial charge in [-0.1, -0.05) is 32.6 Å². The highest BCUT2D eigenvalue weighted by molar-refractivity contribution is 5.29. The van der Waals surface area contributed by atoms with Gasteiger partial charge in [0.05, 0.1) is 6.26 Å². The molecule has 0 radical (unpaired) electrons. The summed E-state index contributed by atoms with van der Waals surface area (Å²) in [5, 5.41) is 0. The molecule has 0 atom stereocenters. The topological polar surface area (TPSA) is 13.1 Å². The highest BCUT2D eigenvalue weighted by Gasteiger charge is 2.15. The molecule has 1 nitrogen and oxygen atoms in total. The highest BCUT2D eigenvalue weighted by atomic mass is 16.3. The third kappa shape index (κ3) is 2.90. The van der Waals surface area contributed by atoms with Gasteiger partial charge < -0.3 is 4.42 Å². The maximum Gasteiger partial charge on any atom is 0.107 e. The van der Waals surface area contributed by atoms with Crippen LogP contribution in [0.5, 0.6) is 0 Å². The zero-order chi connectivity index (χ0) is 11.2. The van der Waals surface area contributed by atoms with Crippen LogP contribution < -0.4 is 0 Å². The third-order valence-electron chi connectivity index (χ3n) is 3.70. The molecule has 2 rings (SSSR count). The van der Waals surface area contributed by atoms with Gasteiger partial charge in [0, 0.05) is 6.42 Å². The summed E-state index contributed by atoms with van der Waals surface area (Å²) in [6.45, 7) is 2.26. The van der Waals surface area contributed by atoms with Crippen molar-refractivity contribution in [2.75, 3.05) is 0 Å². The molecule has 0 amide bonds. The van der Waals surface area contributed by atoms with Crippen molar-refractivity contribution in [2.45, 2.75) is 71.1 Å². The van der Waals surface area contributed by atoms with Crippen molar-refractivity contribution >= 4 is 0 Å². The van der Waals surface area contributed by atoms with Gasteiger partial charge in [-0.15, -0.1) is 0 Å². The number of fused-ring (bicyclic) bond motifs is 1. The molecule has 0 bridgehead atoms. The monoisotopic (exact) mass is 220 g/mol. The van der Waals surface area contributed by atoms with E-state index in [0.717, 1.165) is 6.42 Å². The van der Waals surface area contributed by atoms with Gasteiger partial charge in [0.15, 0.2) is 0 Å². The van der Waals surface area contributed by atoms with Gasteiger partial charge in [-0.05, 0) is 43.2 Å². The number of hydrogen-bond donors (Lipinski definition) is 0. The lowest BCUT2D eigenvalue weighted by Gasteiger charge is -2.02. The fourth-order valence-corrected chi connectivity index (χ4v) is 2.69. The molecule has 1 aliphatic carbocycles. The molecule has 1 aromatic rings. The van der Waals surface area contributed by atoms with Crippen molar-refractivity contribution in [1.29, 1.82) is 0 Å². The molecule has 1 heteroatoms. The van der Waals surface area contributed by atoms with Crippen molar-refractivity contribution in [2.24, 2.45) is 0 Å². The van der Waals surface area contributed by atoms with Crippen molar-refractivity contribution in [3.05, 3.63) is 23.2 Å². The number of hydrogen-bond acceptors (Lipinski definition) is 1. The number of furan rings is 1. The van der Waals surface area contributed by atoms with E-state index in [1.807, 2.05) is 6.26 Å². The summed E-state index contributed by atoms with van der Waals surface area (Å²) in [6.07, 6.45) is 15.1. The van der Waals surface area contributed by atoms with Crippen LogP contribution in [0.15, 0.2) is 10.7 Å². The van der Waals surface area contributed by atoms with E-state index in [0.29, 0.717) is 0 Å². The molecule has 0 N–H and O–H groups in total. The third-order valence-corrected chi connectivity index (χ3v) is 3.70. The first-order chi connectivity index (χ1) is 7.92. The quantitative estimate of drug-likeness (QED) is 0.519. The maximum atomic E-state index is 5.75. The van der Waals surface area contributed by atoms with Gasteiger partial charge in [0.25, 0.3) is 0 Å². The number of aryl methyl sites for hydroxylation is 2. The second-order valence-electron chi connectivity index (χ2n) is 5.03. The summed E-state index contributed by atoms with van der Waals surface area (Å²) in [7, 11) is 0. The van der Waals surface area contributed by atoms with E-state index in [1.54, 1.807) is 5.56 Å². The second kappa shape index (κ2) is 6.12. The minimum atomic E-state index is 1.16. The molecule has 0 saturated heterocycles. The zero-order valence-corrected chi connectivity index (χ0v) is 10.6. The van der Waals surface area contributed by atoms with Crippen LogP contribution >= 0.6 is 0 Å². The maximum absolute atomic E-state index is 5.75. The van der Waals surface area contributed by atoms with Gasteiger partial charge in [-0.2, -0.15) is 0 Å². The Kier molecular flexibility index (Phi) is 4.50. The normalized spacial score (nSPS) is 15.8. The molecule has 0 fully saturated rings. The van der Waals surface area contributed by atoms with Crippen molar-refractivity contribution in [3.8, 4) is 0 Å². The molecular weight excluding hydrogens is 196 g/mol. The molecular formula is C15H24O. The number of rotatable bonds is 5. The smallest absolute Gasteiger partial charge is 0.107 e. The van der Waals surface area contributed by atoms with Crippen LogP contribution in [0.25, 0.3) is 0 Å². The predicted molar refractivity (Wildman–Crippen MR) is 67.8 cm³/mol. The van der Waals surface area contributed by atoms with E-state index >= 15 is 0 Å². The average molecular weight is 220 g/mol. The summed E-state index contributed by atoms with van der Waals surface area (Å²) < 4.78 is 5.75. The Bertz CT molecular complexity index is 311. The lowest BCUT2D eigenvalue weighted by Crippen LogP contribution is -1.92. The summed E-state index contributed by atoms with van der Waals surface area (Å²) in [4.78, 5) is 0. The van der Waals surface area contributed by atoms with Crippen molar-refractivity contribution < 1.29 is 4.42 Å². The minimum absolute atomic E-state index is 1.16. The van der Waals surface area contributed by atoms with Crippen LogP contribution in [-0.2, 0) is 19.3 Å². The SMILES string of the molecule is CCCCCCc1occ2c1CCCCC2. The minimum Gasteiger partial charge on any atom is -0.469 e. The molecule has 0 spiro atoms. The summed E-state index contributed by atoms with van der Waals surface area (Å²) in [6, 6.07) is 0. The summed E-state index contributed by atoms with van der Waals surface area (Å²) in [5.41, 5.74) is 3.07. The lowest BCUT2D eigenvalue weighted by atomic mass is 10.0. The van der Waals surface area contributed by atoms with Crippen LogP contribution in [0, 0.1) is 0 Å². The molecule has 0 unspecified atom stereocenters. The first-order valence-corrected chi connectivity index (χ1v) is 7.00. The van der Waals surface area contributed by atoms with Gasteiger partial charge in [0.1, 0.15) is 5.76 Å². The van der Waals surface area contributed by atoms with E-state index in [2.05, 4.69) is 6.92 Å². The van der Waals surface area contributed by atoms with Crippen molar-refractivity contribution in [3.63, 3.8) is 0 Å².